The van der Waals surface area contributed by atoms with Gasteiger partial charge < -0.3 is 15.4 Å². The van der Waals surface area contributed by atoms with Gasteiger partial charge in [0.1, 0.15) is 5.69 Å². The molecule has 0 aromatic heterocycles. The Bertz CT molecular complexity index is 609. The Morgan fingerprint density at radius 3 is 2.91 bits per heavy atom. The van der Waals surface area contributed by atoms with Crippen molar-refractivity contribution in [2.24, 2.45) is 11.7 Å². The first-order chi connectivity index (χ1) is 10.9. The molecule has 1 saturated heterocycles. The first-order valence-electron chi connectivity index (χ1n) is 7.47. The van der Waals surface area contributed by atoms with Crippen LogP contribution in [0.15, 0.2) is 12.1 Å². The van der Waals surface area contributed by atoms with Crippen molar-refractivity contribution in [3.63, 3.8) is 0 Å². The van der Waals surface area contributed by atoms with Crippen LogP contribution in [0.4, 0.5) is 15.8 Å². The van der Waals surface area contributed by atoms with Crippen molar-refractivity contribution < 1.29 is 18.8 Å². The number of nitro benzene ring substituents is 1. The molecular formula is C15H20FN3O4. The first-order valence-corrected chi connectivity index (χ1v) is 7.47. The maximum absolute atomic E-state index is 13.7. The van der Waals surface area contributed by atoms with Crippen molar-refractivity contribution in [1.29, 1.82) is 0 Å². The Balaban J connectivity index is 2.25. The van der Waals surface area contributed by atoms with Crippen LogP contribution in [-0.4, -0.2) is 31.0 Å². The fraction of sp³-hybridized carbons (Fsp3) is 0.533. The summed E-state index contributed by atoms with van der Waals surface area (Å²) in [7, 11) is 1.32. The maximum Gasteiger partial charge on any atom is 0.295 e. The summed E-state index contributed by atoms with van der Waals surface area (Å²) < 4.78 is 18.7. The minimum absolute atomic E-state index is 0.0233. The minimum Gasteiger partial charge on any atom is -0.494 e. The topological polar surface area (TPSA) is 98.7 Å². The molecule has 2 rings (SSSR count). The Morgan fingerprint density at radius 2 is 2.30 bits per heavy atom. The zero-order valence-corrected chi connectivity index (χ0v) is 13.0. The van der Waals surface area contributed by atoms with Crippen LogP contribution in [-0.2, 0) is 4.79 Å². The van der Waals surface area contributed by atoms with E-state index >= 15 is 0 Å². The molecule has 1 atom stereocenters. The van der Waals surface area contributed by atoms with Crippen molar-refractivity contribution in [3.05, 3.63) is 28.1 Å². The largest absolute Gasteiger partial charge is 0.494 e. The molecule has 1 heterocycles. The number of nitro groups is 1. The molecule has 1 aromatic rings. The molecule has 1 aliphatic rings. The van der Waals surface area contributed by atoms with Crippen molar-refractivity contribution in [3.8, 4) is 5.75 Å². The number of methoxy groups -OCH3 is 1. The van der Waals surface area contributed by atoms with Gasteiger partial charge in [-0.25, -0.2) is 4.39 Å². The summed E-state index contributed by atoms with van der Waals surface area (Å²) in [6.45, 7) is 1.21. The molecule has 8 heteroatoms. The van der Waals surface area contributed by atoms with Crippen molar-refractivity contribution in [2.75, 3.05) is 25.1 Å². The Labute approximate surface area is 133 Å². The van der Waals surface area contributed by atoms with Gasteiger partial charge in [-0.3, -0.25) is 14.9 Å². The summed E-state index contributed by atoms with van der Waals surface area (Å²) in [5, 5.41) is 11.2. The normalized spacial score (nSPS) is 17.8. The third kappa shape index (κ3) is 4.08. The minimum atomic E-state index is -0.759. The number of ether oxygens (including phenoxy) is 1. The quantitative estimate of drug-likeness (QED) is 0.638. The second kappa shape index (κ2) is 7.26. The van der Waals surface area contributed by atoms with Gasteiger partial charge in [0.15, 0.2) is 11.6 Å². The summed E-state index contributed by atoms with van der Waals surface area (Å²) in [6, 6.07) is 2.26. The number of carbonyl (C=O) groups excluding carboxylic acids is 1. The SMILES string of the molecule is COc1cc(N2CCCC(CCC(N)=O)C2)c([N+](=O)[O-])cc1F. The van der Waals surface area contributed by atoms with E-state index in [1.54, 1.807) is 0 Å². The molecule has 1 fully saturated rings. The van der Waals surface area contributed by atoms with E-state index in [9.17, 15) is 19.3 Å². The fourth-order valence-corrected chi connectivity index (χ4v) is 2.95. The van der Waals surface area contributed by atoms with E-state index in [1.807, 2.05) is 4.90 Å². The predicted molar refractivity (Wildman–Crippen MR) is 83.0 cm³/mol. The molecule has 1 amide bonds. The van der Waals surface area contributed by atoms with Crippen LogP contribution in [0.25, 0.3) is 0 Å². The number of hydrogen-bond donors (Lipinski definition) is 1. The molecule has 0 aliphatic carbocycles. The lowest BCUT2D eigenvalue weighted by molar-refractivity contribution is -0.384. The van der Waals surface area contributed by atoms with Crippen molar-refractivity contribution >= 4 is 17.3 Å². The van der Waals surface area contributed by atoms with Crippen LogP contribution in [0, 0.1) is 21.8 Å². The maximum atomic E-state index is 13.7. The van der Waals surface area contributed by atoms with Crippen LogP contribution in [0.3, 0.4) is 0 Å². The average molecular weight is 325 g/mol. The van der Waals surface area contributed by atoms with Crippen LogP contribution in [0.5, 0.6) is 5.75 Å². The van der Waals surface area contributed by atoms with Crippen LogP contribution < -0.4 is 15.4 Å². The number of rotatable bonds is 6. The standard InChI is InChI=1S/C15H20FN3O4/c1-23-14-8-12(13(19(21)22)7-11(14)16)18-6-2-3-10(9-18)4-5-15(17)20/h7-8,10H,2-6,9H2,1H3,(H2,17,20). The summed E-state index contributed by atoms with van der Waals surface area (Å²) in [5.41, 5.74) is 5.24. The zero-order chi connectivity index (χ0) is 17.0. The van der Waals surface area contributed by atoms with E-state index in [-0.39, 0.29) is 23.3 Å². The van der Waals surface area contributed by atoms with E-state index < -0.39 is 10.7 Å². The lowest BCUT2D eigenvalue weighted by Crippen LogP contribution is -2.36. The molecule has 7 nitrogen and oxygen atoms in total. The van der Waals surface area contributed by atoms with E-state index in [0.29, 0.717) is 31.6 Å². The summed E-state index contributed by atoms with van der Waals surface area (Å²) in [5.74, 6) is -0.904. The highest BCUT2D eigenvalue weighted by Gasteiger charge is 2.27. The lowest BCUT2D eigenvalue weighted by Gasteiger charge is -2.34. The molecule has 0 saturated carbocycles. The van der Waals surface area contributed by atoms with Gasteiger partial charge in [-0.2, -0.15) is 0 Å². The monoisotopic (exact) mass is 325 g/mol. The molecule has 1 aliphatic heterocycles. The van der Waals surface area contributed by atoms with Crippen LogP contribution in [0.1, 0.15) is 25.7 Å². The number of benzene rings is 1. The number of anilines is 1. The number of hydrogen-bond acceptors (Lipinski definition) is 5. The highest BCUT2D eigenvalue weighted by Crippen LogP contribution is 2.37. The Morgan fingerprint density at radius 1 is 1.57 bits per heavy atom. The Kier molecular flexibility index (Phi) is 5.36. The number of nitrogens with two attached hydrogens (primary N) is 1. The number of piperidine rings is 1. The number of carbonyl (C=O) groups is 1. The van der Waals surface area contributed by atoms with Crippen molar-refractivity contribution in [2.45, 2.75) is 25.7 Å². The summed E-state index contributed by atoms with van der Waals surface area (Å²) >= 11 is 0. The Hall–Kier alpha value is -2.38. The third-order valence-electron chi connectivity index (χ3n) is 4.10. The molecule has 1 aromatic carbocycles. The zero-order valence-electron chi connectivity index (χ0n) is 13.0. The number of nitrogens with zero attached hydrogens (tertiary/aromatic N) is 2. The van der Waals surface area contributed by atoms with Gasteiger partial charge in [0.05, 0.1) is 18.1 Å². The second-order valence-electron chi connectivity index (χ2n) is 5.69. The molecule has 0 radical (unpaired) electrons. The van der Waals surface area contributed by atoms with E-state index in [1.165, 1.54) is 13.2 Å². The molecule has 2 N–H and O–H groups in total. The molecule has 0 bridgehead atoms. The predicted octanol–water partition coefficient (Wildman–Crippen LogP) is 2.22. The van der Waals surface area contributed by atoms with E-state index in [0.717, 1.165) is 18.9 Å². The smallest absolute Gasteiger partial charge is 0.295 e. The highest BCUT2D eigenvalue weighted by molar-refractivity contribution is 5.73. The highest BCUT2D eigenvalue weighted by atomic mass is 19.1. The number of amides is 1. The van der Waals surface area contributed by atoms with E-state index in [4.69, 9.17) is 10.5 Å². The molecule has 23 heavy (non-hydrogen) atoms. The fourth-order valence-electron chi connectivity index (χ4n) is 2.95. The lowest BCUT2D eigenvalue weighted by atomic mass is 9.93. The van der Waals surface area contributed by atoms with Gasteiger partial charge in [0.25, 0.3) is 5.69 Å². The molecular weight excluding hydrogens is 305 g/mol. The average Bonchev–Trinajstić information content (AvgIpc) is 2.52. The molecule has 0 spiro atoms. The summed E-state index contributed by atoms with van der Waals surface area (Å²) in [4.78, 5) is 23.4. The van der Waals surface area contributed by atoms with E-state index in [2.05, 4.69) is 0 Å². The van der Waals surface area contributed by atoms with Gasteiger partial charge in [0.2, 0.25) is 5.91 Å². The van der Waals surface area contributed by atoms with Gasteiger partial charge in [0, 0.05) is 25.6 Å². The number of halogens is 1. The van der Waals surface area contributed by atoms with Gasteiger partial charge >= 0.3 is 0 Å². The first kappa shape index (κ1) is 17.0. The molecule has 126 valence electrons. The van der Waals surface area contributed by atoms with Crippen LogP contribution in [0.2, 0.25) is 0 Å². The van der Waals surface area contributed by atoms with Crippen LogP contribution >= 0.6 is 0 Å². The third-order valence-corrected chi connectivity index (χ3v) is 4.10. The summed E-state index contributed by atoms with van der Waals surface area (Å²) in [6.07, 6.45) is 2.74. The molecule has 1 unspecified atom stereocenters. The number of primary amides is 1. The van der Waals surface area contributed by atoms with Gasteiger partial charge in [-0.15, -0.1) is 0 Å². The second-order valence-corrected chi connectivity index (χ2v) is 5.69. The van der Waals surface area contributed by atoms with Crippen molar-refractivity contribution in [1.82, 2.24) is 0 Å². The van der Waals surface area contributed by atoms with Gasteiger partial charge in [-0.05, 0) is 25.2 Å². The van der Waals surface area contributed by atoms with Gasteiger partial charge in [-0.1, -0.05) is 0 Å².